The highest BCUT2D eigenvalue weighted by Gasteiger charge is 2.25. The van der Waals surface area contributed by atoms with Crippen LogP contribution in [0.5, 0.6) is 0 Å². The standard InChI is InChI=1S/C17H26N6O2.CH3F/c1-17(2,24)13-10-15(23-6-8-25-9-7-23)22-16(12(13)11-19)21-14(20)4-3-5-18;1-2/h3-5,10-11,19,24H,6-9,18,20H2,1-2H3,(H,21,22);1H3/b5-3-,14-4+,19-11?;. The number of morpholine rings is 1. The molecule has 1 aliphatic heterocycles. The van der Waals surface area contributed by atoms with Crippen molar-refractivity contribution < 1.29 is 14.2 Å². The van der Waals surface area contributed by atoms with Gasteiger partial charge in [-0.2, -0.15) is 0 Å². The van der Waals surface area contributed by atoms with E-state index in [0.717, 1.165) is 6.21 Å². The van der Waals surface area contributed by atoms with Crippen LogP contribution in [0.4, 0.5) is 16.0 Å². The van der Waals surface area contributed by atoms with Gasteiger partial charge in [0.25, 0.3) is 0 Å². The van der Waals surface area contributed by atoms with Crippen molar-refractivity contribution in [2.24, 2.45) is 11.5 Å². The molecule has 0 aromatic carbocycles. The summed E-state index contributed by atoms with van der Waals surface area (Å²) in [5, 5.41) is 21.3. The zero-order valence-electron chi connectivity index (χ0n) is 16.0. The number of nitrogens with two attached hydrogens (primary N) is 2. The molecule has 2 heterocycles. The molecular weight excluding hydrogens is 351 g/mol. The third-order valence-corrected chi connectivity index (χ3v) is 3.83. The summed E-state index contributed by atoms with van der Waals surface area (Å²) < 4.78 is 14.9. The molecule has 1 aromatic rings. The van der Waals surface area contributed by atoms with Crippen LogP contribution in [0.2, 0.25) is 0 Å². The minimum absolute atomic E-state index is 0.332. The Labute approximate surface area is 159 Å². The van der Waals surface area contributed by atoms with E-state index in [1.54, 1.807) is 26.0 Å². The van der Waals surface area contributed by atoms with Gasteiger partial charge in [0.15, 0.2) is 0 Å². The molecule has 7 N–H and O–H groups in total. The second kappa shape index (κ2) is 10.5. The van der Waals surface area contributed by atoms with Gasteiger partial charge in [0.2, 0.25) is 0 Å². The van der Waals surface area contributed by atoms with Gasteiger partial charge in [0.1, 0.15) is 17.5 Å². The van der Waals surface area contributed by atoms with Gasteiger partial charge in [0, 0.05) is 24.9 Å². The molecule has 27 heavy (non-hydrogen) atoms. The topological polar surface area (TPSA) is 134 Å². The Bertz CT molecular complexity index is 679. The Hall–Kier alpha value is -2.65. The molecule has 8 nitrogen and oxygen atoms in total. The predicted octanol–water partition coefficient (Wildman–Crippen LogP) is 1.41. The summed E-state index contributed by atoms with van der Waals surface area (Å²) >= 11 is 0. The molecule has 150 valence electrons. The lowest BCUT2D eigenvalue weighted by atomic mass is 9.94. The van der Waals surface area contributed by atoms with Crippen molar-refractivity contribution >= 4 is 17.9 Å². The zero-order chi connectivity index (χ0) is 20.4. The van der Waals surface area contributed by atoms with E-state index >= 15 is 0 Å². The molecule has 0 bridgehead atoms. The highest BCUT2D eigenvalue weighted by atomic mass is 19.1. The number of pyridine rings is 1. The summed E-state index contributed by atoms with van der Waals surface area (Å²) in [6.07, 6.45) is 5.72. The predicted molar refractivity (Wildman–Crippen MR) is 107 cm³/mol. The Morgan fingerprint density at radius 2 is 2.04 bits per heavy atom. The number of rotatable bonds is 6. The molecule has 2 rings (SSSR count). The molecule has 1 aromatic heterocycles. The normalized spacial score (nSPS) is 15.3. The van der Waals surface area contributed by atoms with Gasteiger partial charge in [-0.25, -0.2) is 4.98 Å². The smallest absolute Gasteiger partial charge is 0.143 e. The highest BCUT2D eigenvalue weighted by Crippen LogP contribution is 2.31. The summed E-state index contributed by atoms with van der Waals surface area (Å²) in [5.41, 5.74) is 11.2. The lowest BCUT2D eigenvalue weighted by molar-refractivity contribution is 0.0784. The monoisotopic (exact) mass is 380 g/mol. The van der Waals surface area contributed by atoms with Crippen molar-refractivity contribution in [1.82, 2.24) is 4.98 Å². The van der Waals surface area contributed by atoms with Crippen molar-refractivity contribution in [2.75, 3.05) is 43.7 Å². The second-order valence-corrected chi connectivity index (χ2v) is 6.22. The maximum atomic E-state index is 10.5. The van der Waals surface area contributed by atoms with E-state index in [-0.39, 0.29) is 0 Å². The molecule has 1 fully saturated rings. The van der Waals surface area contributed by atoms with Gasteiger partial charge in [-0.1, -0.05) is 0 Å². The number of nitrogens with one attached hydrogen (secondary N) is 2. The van der Waals surface area contributed by atoms with Crippen molar-refractivity contribution in [3.63, 3.8) is 0 Å². The van der Waals surface area contributed by atoms with Crippen LogP contribution in [0.25, 0.3) is 0 Å². The molecule has 0 atom stereocenters. The van der Waals surface area contributed by atoms with E-state index in [1.807, 2.05) is 6.07 Å². The first-order valence-electron chi connectivity index (χ1n) is 8.46. The number of anilines is 2. The van der Waals surface area contributed by atoms with Crippen LogP contribution in [-0.2, 0) is 10.3 Å². The van der Waals surface area contributed by atoms with Crippen LogP contribution in [0.3, 0.4) is 0 Å². The van der Waals surface area contributed by atoms with E-state index in [2.05, 4.69) is 15.2 Å². The van der Waals surface area contributed by atoms with Crippen LogP contribution in [-0.4, -0.2) is 49.8 Å². The van der Waals surface area contributed by atoms with Crippen LogP contribution in [0.1, 0.15) is 25.0 Å². The average molecular weight is 380 g/mol. The molecule has 0 saturated carbocycles. The van der Waals surface area contributed by atoms with Gasteiger partial charge in [-0.05, 0) is 43.8 Å². The number of ether oxygens (including phenoxy) is 1. The van der Waals surface area contributed by atoms with Crippen LogP contribution >= 0.6 is 0 Å². The number of alkyl halides is 1. The van der Waals surface area contributed by atoms with Crippen LogP contribution in [0.15, 0.2) is 30.2 Å². The van der Waals surface area contributed by atoms with E-state index in [4.69, 9.17) is 21.6 Å². The first-order valence-corrected chi connectivity index (χ1v) is 8.46. The Kier molecular flexibility index (Phi) is 8.70. The van der Waals surface area contributed by atoms with Gasteiger partial charge in [-0.15, -0.1) is 0 Å². The van der Waals surface area contributed by atoms with Gasteiger partial charge in [0.05, 0.1) is 26.0 Å². The van der Waals surface area contributed by atoms with Crippen molar-refractivity contribution in [3.8, 4) is 0 Å². The lowest BCUT2D eigenvalue weighted by Gasteiger charge is -2.30. The molecule has 0 radical (unpaired) electrons. The summed E-state index contributed by atoms with van der Waals surface area (Å²) in [6, 6.07) is 1.82. The zero-order valence-corrected chi connectivity index (χ0v) is 16.0. The number of halogens is 1. The largest absolute Gasteiger partial charge is 0.405 e. The Morgan fingerprint density at radius 3 is 2.56 bits per heavy atom. The lowest BCUT2D eigenvalue weighted by Crippen LogP contribution is -2.37. The first kappa shape index (κ1) is 22.4. The Morgan fingerprint density at radius 1 is 1.41 bits per heavy atom. The quantitative estimate of drug-likeness (QED) is 0.372. The maximum Gasteiger partial charge on any atom is 0.143 e. The van der Waals surface area contributed by atoms with Crippen LogP contribution < -0.4 is 21.7 Å². The van der Waals surface area contributed by atoms with E-state index in [9.17, 15) is 9.50 Å². The third kappa shape index (κ3) is 6.22. The summed E-state index contributed by atoms with van der Waals surface area (Å²) in [6.45, 7) is 6.03. The minimum Gasteiger partial charge on any atom is -0.405 e. The van der Waals surface area contributed by atoms with Crippen molar-refractivity contribution in [2.45, 2.75) is 19.4 Å². The number of hydrogen-bond donors (Lipinski definition) is 5. The number of hydrogen-bond acceptors (Lipinski definition) is 8. The minimum atomic E-state index is -1.14. The van der Waals surface area contributed by atoms with Crippen molar-refractivity contribution in [1.29, 1.82) is 5.41 Å². The summed E-state index contributed by atoms with van der Waals surface area (Å²) in [4.78, 5) is 6.69. The first-order chi connectivity index (χ1) is 12.9. The average Bonchev–Trinajstić information content (AvgIpc) is 2.67. The molecule has 9 heteroatoms. The molecule has 0 spiro atoms. The molecule has 0 amide bonds. The fourth-order valence-electron chi connectivity index (χ4n) is 2.58. The molecular formula is C18H29FN6O2. The van der Waals surface area contributed by atoms with Gasteiger partial charge < -0.3 is 36.9 Å². The fourth-order valence-corrected chi connectivity index (χ4v) is 2.58. The summed E-state index contributed by atoms with van der Waals surface area (Å²) in [5.74, 6) is 1.45. The van der Waals surface area contributed by atoms with Gasteiger partial charge >= 0.3 is 0 Å². The molecule has 1 saturated heterocycles. The third-order valence-electron chi connectivity index (χ3n) is 3.83. The fraction of sp³-hybridized carbons (Fsp3) is 0.444. The van der Waals surface area contributed by atoms with Gasteiger partial charge in [-0.3, -0.25) is 4.39 Å². The van der Waals surface area contributed by atoms with E-state index in [1.165, 1.54) is 6.20 Å². The van der Waals surface area contributed by atoms with Crippen LogP contribution in [0, 0.1) is 5.41 Å². The number of allylic oxidation sites excluding steroid dienone is 2. The SMILES string of the molecule is CC(C)(O)c1cc(N2CCOCC2)nc(N/C(N)=C/C=C\N)c1C=N.CF. The number of aromatic nitrogens is 1. The van der Waals surface area contributed by atoms with E-state index in [0.29, 0.717) is 62.1 Å². The van der Waals surface area contributed by atoms with Crippen molar-refractivity contribution in [3.05, 3.63) is 41.4 Å². The second-order valence-electron chi connectivity index (χ2n) is 6.22. The number of nitrogens with zero attached hydrogens (tertiary/aromatic N) is 2. The summed E-state index contributed by atoms with van der Waals surface area (Å²) in [7, 11) is 0.500. The number of aliphatic hydroxyl groups is 1. The maximum absolute atomic E-state index is 10.5. The molecule has 0 unspecified atom stereocenters. The molecule has 1 aliphatic rings. The highest BCUT2D eigenvalue weighted by molar-refractivity contribution is 5.88. The molecule has 0 aliphatic carbocycles. The van der Waals surface area contributed by atoms with E-state index < -0.39 is 5.60 Å². The Balaban J connectivity index is 0.00000176.